The molecule has 2 N–H and O–H groups in total. The predicted octanol–water partition coefficient (Wildman–Crippen LogP) is 2.27. The molecule has 84 valence electrons. The van der Waals surface area contributed by atoms with Crippen LogP contribution in [0, 0.1) is 5.41 Å². The van der Waals surface area contributed by atoms with Gasteiger partial charge in [0.05, 0.1) is 17.6 Å². The van der Waals surface area contributed by atoms with Crippen molar-refractivity contribution in [1.29, 1.82) is 0 Å². The van der Waals surface area contributed by atoms with E-state index >= 15 is 0 Å². The zero-order chi connectivity index (χ0) is 11.1. The zero-order valence-corrected chi connectivity index (χ0v) is 9.95. The molecule has 3 heteroatoms. The lowest BCUT2D eigenvalue weighted by atomic mass is 10.0. The Morgan fingerprint density at radius 3 is 2.67 bits per heavy atom. The zero-order valence-electron chi connectivity index (χ0n) is 9.95. The van der Waals surface area contributed by atoms with Crippen LogP contribution in [0.2, 0.25) is 0 Å². The Bertz CT molecular complexity index is 342. The van der Waals surface area contributed by atoms with Crippen molar-refractivity contribution in [2.45, 2.75) is 52.1 Å². The summed E-state index contributed by atoms with van der Waals surface area (Å²) in [5, 5.41) is 0. The molecule has 0 saturated heterocycles. The minimum Gasteiger partial charge on any atom is -0.332 e. The van der Waals surface area contributed by atoms with Gasteiger partial charge in [0.15, 0.2) is 0 Å². The Hall–Kier alpha value is -0.830. The first-order valence-corrected chi connectivity index (χ1v) is 5.76. The highest BCUT2D eigenvalue weighted by Crippen LogP contribution is 2.50. The summed E-state index contributed by atoms with van der Waals surface area (Å²) >= 11 is 0. The molecule has 1 heterocycles. The summed E-state index contributed by atoms with van der Waals surface area (Å²) in [6.45, 7) is 7.43. The Kier molecular flexibility index (Phi) is 2.38. The number of imidazole rings is 1. The second-order valence-electron chi connectivity index (χ2n) is 5.48. The molecule has 0 aliphatic heterocycles. The molecule has 0 bridgehead atoms. The molecule has 1 aliphatic rings. The molecule has 0 aromatic carbocycles. The van der Waals surface area contributed by atoms with Crippen molar-refractivity contribution in [3.63, 3.8) is 0 Å². The number of aromatic nitrogens is 2. The largest absolute Gasteiger partial charge is 0.332 e. The Morgan fingerprint density at radius 1 is 1.53 bits per heavy atom. The fourth-order valence-corrected chi connectivity index (χ4v) is 2.14. The molecule has 0 unspecified atom stereocenters. The number of nitrogens with zero attached hydrogens (tertiary/aromatic N) is 2. The molecule has 1 aromatic rings. The number of hydrogen-bond acceptors (Lipinski definition) is 2. The SMILES string of the molecule is CCC1(Cn2cncc2C(C)(C)N)CC1. The van der Waals surface area contributed by atoms with Gasteiger partial charge in [0, 0.05) is 12.7 Å². The predicted molar refractivity (Wildman–Crippen MR) is 61.4 cm³/mol. The minimum absolute atomic E-state index is 0.291. The lowest BCUT2D eigenvalue weighted by molar-refractivity contribution is 0.381. The van der Waals surface area contributed by atoms with Gasteiger partial charge >= 0.3 is 0 Å². The standard InChI is InChI=1S/C12H21N3/c1-4-12(5-6-12)8-15-9-14-7-10(15)11(2,3)13/h7,9H,4-6,8,13H2,1-3H3. The maximum atomic E-state index is 6.12. The van der Waals surface area contributed by atoms with Crippen molar-refractivity contribution in [3.8, 4) is 0 Å². The highest BCUT2D eigenvalue weighted by atomic mass is 15.1. The van der Waals surface area contributed by atoms with Crippen LogP contribution < -0.4 is 5.73 Å². The van der Waals surface area contributed by atoms with Crippen LogP contribution in [0.25, 0.3) is 0 Å². The van der Waals surface area contributed by atoms with Crippen LogP contribution in [0.15, 0.2) is 12.5 Å². The molecule has 15 heavy (non-hydrogen) atoms. The summed E-state index contributed by atoms with van der Waals surface area (Å²) in [6.07, 6.45) is 7.78. The van der Waals surface area contributed by atoms with E-state index in [2.05, 4.69) is 16.5 Å². The van der Waals surface area contributed by atoms with Gasteiger partial charge in [-0.3, -0.25) is 0 Å². The third kappa shape index (κ3) is 2.07. The van der Waals surface area contributed by atoms with Crippen LogP contribution in [-0.2, 0) is 12.1 Å². The molecule has 0 atom stereocenters. The van der Waals surface area contributed by atoms with Crippen molar-refractivity contribution >= 4 is 0 Å². The fraction of sp³-hybridized carbons (Fsp3) is 0.750. The van der Waals surface area contributed by atoms with E-state index < -0.39 is 0 Å². The van der Waals surface area contributed by atoms with Crippen molar-refractivity contribution in [2.75, 3.05) is 0 Å². The van der Waals surface area contributed by atoms with Crippen LogP contribution >= 0.6 is 0 Å². The van der Waals surface area contributed by atoms with Gasteiger partial charge in [-0.15, -0.1) is 0 Å². The van der Waals surface area contributed by atoms with E-state index in [-0.39, 0.29) is 5.54 Å². The quantitative estimate of drug-likeness (QED) is 0.823. The van der Waals surface area contributed by atoms with Gasteiger partial charge in [-0.1, -0.05) is 6.92 Å². The lowest BCUT2D eigenvalue weighted by Crippen LogP contribution is -2.32. The first-order valence-electron chi connectivity index (χ1n) is 5.76. The van der Waals surface area contributed by atoms with Crippen LogP contribution in [0.3, 0.4) is 0 Å². The molecule has 1 aromatic heterocycles. The van der Waals surface area contributed by atoms with Crippen LogP contribution in [0.5, 0.6) is 0 Å². The molecular formula is C12H21N3. The van der Waals surface area contributed by atoms with E-state index in [1.165, 1.54) is 19.3 Å². The number of hydrogen-bond donors (Lipinski definition) is 1. The molecule has 1 saturated carbocycles. The van der Waals surface area contributed by atoms with Gasteiger partial charge in [0.2, 0.25) is 0 Å². The first-order chi connectivity index (χ1) is 6.97. The molecule has 2 rings (SSSR count). The Morgan fingerprint density at radius 2 is 2.20 bits per heavy atom. The minimum atomic E-state index is -0.291. The van der Waals surface area contributed by atoms with Gasteiger partial charge in [-0.2, -0.15) is 0 Å². The molecule has 0 radical (unpaired) electrons. The lowest BCUT2D eigenvalue weighted by Gasteiger charge is -2.23. The molecular weight excluding hydrogens is 186 g/mol. The topological polar surface area (TPSA) is 43.8 Å². The third-order valence-electron chi connectivity index (χ3n) is 3.59. The summed E-state index contributed by atoms with van der Waals surface area (Å²) in [7, 11) is 0. The maximum Gasteiger partial charge on any atom is 0.0948 e. The van der Waals surface area contributed by atoms with E-state index in [1.54, 1.807) is 0 Å². The highest BCUT2D eigenvalue weighted by molar-refractivity contribution is 5.11. The molecule has 1 fully saturated rings. The van der Waals surface area contributed by atoms with Gasteiger partial charge < -0.3 is 10.3 Å². The smallest absolute Gasteiger partial charge is 0.0948 e. The van der Waals surface area contributed by atoms with Crippen LogP contribution in [-0.4, -0.2) is 9.55 Å². The fourth-order valence-electron chi connectivity index (χ4n) is 2.14. The first kappa shape index (κ1) is 10.7. The van der Waals surface area contributed by atoms with Crippen LogP contribution in [0.4, 0.5) is 0 Å². The summed E-state index contributed by atoms with van der Waals surface area (Å²) in [4.78, 5) is 4.22. The van der Waals surface area contributed by atoms with E-state index in [9.17, 15) is 0 Å². The van der Waals surface area contributed by atoms with Gasteiger partial charge in [-0.25, -0.2) is 4.98 Å². The van der Waals surface area contributed by atoms with E-state index in [4.69, 9.17) is 5.73 Å². The molecule has 0 spiro atoms. The number of rotatable bonds is 4. The Balaban J connectivity index is 2.19. The maximum absolute atomic E-state index is 6.12. The summed E-state index contributed by atoms with van der Waals surface area (Å²) in [5.41, 5.74) is 7.51. The third-order valence-corrected chi connectivity index (χ3v) is 3.59. The monoisotopic (exact) mass is 207 g/mol. The Labute approximate surface area is 91.7 Å². The van der Waals surface area contributed by atoms with E-state index in [0.717, 1.165) is 12.2 Å². The van der Waals surface area contributed by atoms with E-state index in [0.29, 0.717) is 5.41 Å². The van der Waals surface area contributed by atoms with Crippen molar-refractivity contribution < 1.29 is 0 Å². The second kappa shape index (κ2) is 3.34. The van der Waals surface area contributed by atoms with Crippen molar-refractivity contribution in [2.24, 2.45) is 11.1 Å². The molecule has 1 aliphatic carbocycles. The molecule has 0 amide bonds. The average molecular weight is 207 g/mol. The van der Waals surface area contributed by atoms with Gasteiger partial charge in [0.1, 0.15) is 0 Å². The van der Waals surface area contributed by atoms with E-state index in [1.807, 2.05) is 26.4 Å². The molecule has 3 nitrogen and oxygen atoms in total. The summed E-state index contributed by atoms with van der Waals surface area (Å²) in [6, 6.07) is 0. The second-order valence-corrected chi connectivity index (χ2v) is 5.48. The summed E-state index contributed by atoms with van der Waals surface area (Å²) in [5.74, 6) is 0. The van der Waals surface area contributed by atoms with Crippen LogP contribution in [0.1, 0.15) is 45.7 Å². The van der Waals surface area contributed by atoms with Crippen molar-refractivity contribution in [1.82, 2.24) is 9.55 Å². The average Bonchev–Trinajstić information content (AvgIpc) is 2.73. The van der Waals surface area contributed by atoms with Crippen molar-refractivity contribution in [3.05, 3.63) is 18.2 Å². The summed E-state index contributed by atoms with van der Waals surface area (Å²) < 4.78 is 2.23. The normalized spacial score (nSPS) is 19.2. The highest BCUT2D eigenvalue weighted by Gasteiger charge is 2.41. The van der Waals surface area contributed by atoms with Gasteiger partial charge in [0.25, 0.3) is 0 Å². The number of nitrogens with two attached hydrogens (primary N) is 1. The van der Waals surface area contributed by atoms with Gasteiger partial charge in [-0.05, 0) is 38.5 Å².